The van der Waals surface area contributed by atoms with Crippen molar-refractivity contribution in [2.24, 2.45) is 0 Å². The second-order valence-corrected chi connectivity index (χ2v) is 7.49. The van der Waals surface area contributed by atoms with E-state index in [9.17, 15) is 4.79 Å². The largest absolute Gasteiger partial charge is 0.498 e. The Morgan fingerprint density at radius 1 is 1.15 bits per heavy atom. The minimum absolute atomic E-state index is 0.367. The standard InChI is InChI=1S/C19H25BN2O5/c1-18(2)19(3,4)27-20(26-18)15-12-21-22(13-15)10-11-25-16-8-6-14(7-9-16)17(23)24-5/h6-9,12-13H,10-11H2,1-5H3. The van der Waals surface area contributed by atoms with Crippen molar-refractivity contribution in [2.75, 3.05) is 13.7 Å². The van der Waals surface area contributed by atoms with Gasteiger partial charge in [0, 0.05) is 17.9 Å². The summed E-state index contributed by atoms with van der Waals surface area (Å²) in [6.07, 6.45) is 3.67. The highest BCUT2D eigenvalue weighted by molar-refractivity contribution is 6.61. The van der Waals surface area contributed by atoms with Crippen molar-refractivity contribution in [3.63, 3.8) is 0 Å². The average molecular weight is 372 g/mol. The lowest BCUT2D eigenvalue weighted by atomic mass is 9.82. The molecular weight excluding hydrogens is 347 g/mol. The molecule has 0 spiro atoms. The van der Waals surface area contributed by atoms with Gasteiger partial charge >= 0.3 is 13.1 Å². The van der Waals surface area contributed by atoms with Crippen LogP contribution in [0.3, 0.4) is 0 Å². The lowest BCUT2D eigenvalue weighted by Crippen LogP contribution is -2.41. The van der Waals surface area contributed by atoms with Gasteiger partial charge < -0.3 is 18.8 Å². The van der Waals surface area contributed by atoms with E-state index >= 15 is 0 Å². The SMILES string of the molecule is COC(=O)c1ccc(OCCn2cc(B3OC(C)(C)C(C)(C)O3)cn2)cc1. The van der Waals surface area contributed by atoms with Gasteiger partial charge in [-0.25, -0.2) is 4.79 Å². The molecule has 0 saturated carbocycles. The van der Waals surface area contributed by atoms with Crippen LogP contribution in [0.1, 0.15) is 38.1 Å². The van der Waals surface area contributed by atoms with Crippen molar-refractivity contribution in [1.82, 2.24) is 9.78 Å². The average Bonchev–Trinajstić information content (AvgIpc) is 3.17. The van der Waals surface area contributed by atoms with Crippen LogP contribution in [0.5, 0.6) is 5.75 Å². The Hall–Kier alpha value is -2.32. The van der Waals surface area contributed by atoms with Gasteiger partial charge in [0.2, 0.25) is 0 Å². The topological polar surface area (TPSA) is 71.8 Å². The molecule has 1 aromatic carbocycles. The summed E-state index contributed by atoms with van der Waals surface area (Å²) < 4.78 is 24.2. The monoisotopic (exact) mass is 372 g/mol. The third-order valence-corrected chi connectivity index (χ3v) is 5.04. The van der Waals surface area contributed by atoms with E-state index in [-0.39, 0.29) is 17.2 Å². The Kier molecular flexibility index (Phi) is 5.30. The van der Waals surface area contributed by atoms with E-state index in [0.29, 0.717) is 24.5 Å². The second kappa shape index (κ2) is 7.36. The van der Waals surface area contributed by atoms with Gasteiger partial charge in [-0.2, -0.15) is 5.10 Å². The molecule has 2 heterocycles. The first-order valence-electron chi connectivity index (χ1n) is 8.91. The van der Waals surface area contributed by atoms with Crippen LogP contribution in [0, 0.1) is 0 Å². The van der Waals surface area contributed by atoms with Crippen molar-refractivity contribution in [1.29, 1.82) is 0 Å². The van der Waals surface area contributed by atoms with Crippen LogP contribution < -0.4 is 10.2 Å². The molecule has 8 heteroatoms. The van der Waals surface area contributed by atoms with Gasteiger partial charge in [-0.05, 0) is 52.0 Å². The van der Waals surface area contributed by atoms with Crippen molar-refractivity contribution in [2.45, 2.75) is 45.4 Å². The number of hydrogen-bond donors (Lipinski definition) is 0. The van der Waals surface area contributed by atoms with E-state index in [1.54, 1.807) is 35.1 Å². The molecule has 0 unspecified atom stereocenters. The fraction of sp³-hybridized carbons (Fsp3) is 0.474. The first-order chi connectivity index (χ1) is 12.7. The van der Waals surface area contributed by atoms with E-state index in [4.69, 9.17) is 14.0 Å². The van der Waals surface area contributed by atoms with Crippen LogP contribution in [0.15, 0.2) is 36.7 Å². The Labute approximate surface area is 159 Å². The fourth-order valence-electron chi connectivity index (χ4n) is 2.66. The molecule has 0 amide bonds. The maximum absolute atomic E-state index is 11.4. The minimum Gasteiger partial charge on any atom is -0.492 e. The zero-order valence-corrected chi connectivity index (χ0v) is 16.4. The highest BCUT2D eigenvalue weighted by atomic mass is 16.7. The van der Waals surface area contributed by atoms with Crippen LogP contribution in [0.25, 0.3) is 0 Å². The number of ether oxygens (including phenoxy) is 2. The highest BCUT2D eigenvalue weighted by Crippen LogP contribution is 2.36. The summed E-state index contributed by atoms with van der Waals surface area (Å²) in [6, 6.07) is 6.83. The van der Waals surface area contributed by atoms with Crippen molar-refractivity contribution in [3.05, 3.63) is 42.2 Å². The van der Waals surface area contributed by atoms with Gasteiger partial charge in [0.1, 0.15) is 12.4 Å². The highest BCUT2D eigenvalue weighted by Gasteiger charge is 2.52. The summed E-state index contributed by atoms with van der Waals surface area (Å²) in [5.74, 6) is 0.314. The van der Waals surface area contributed by atoms with Gasteiger partial charge in [0.05, 0.1) is 30.4 Å². The van der Waals surface area contributed by atoms with Gasteiger partial charge in [0.25, 0.3) is 0 Å². The second-order valence-electron chi connectivity index (χ2n) is 7.49. The number of aromatic nitrogens is 2. The zero-order chi connectivity index (χ0) is 19.7. The molecule has 1 fully saturated rings. The molecular formula is C19H25BN2O5. The molecule has 0 N–H and O–H groups in total. The predicted molar refractivity (Wildman–Crippen MR) is 101 cm³/mol. The molecule has 3 rings (SSSR count). The van der Waals surface area contributed by atoms with Crippen LogP contribution in [0.2, 0.25) is 0 Å². The summed E-state index contributed by atoms with van der Waals surface area (Å²) in [5, 5.41) is 4.35. The summed E-state index contributed by atoms with van der Waals surface area (Å²) in [6.45, 7) is 9.13. The van der Waals surface area contributed by atoms with Gasteiger partial charge in [-0.15, -0.1) is 0 Å². The first kappa shape index (κ1) is 19.4. The lowest BCUT2D eigenvalue weighted by molar-refractivity contribution is 0.00578. The van der Waals surface area contributed by atoms with Gasteiger partial charge in [-0.1, -0.05) is 0 Å². The van der Waals surface area contributed by atoms with E-state index in [1.807, 2.05) is 33.9 Å². The fourth-order valence-corrected chi connectivity index (χ4v) is 2.66. The molecule has 1 aliphatic rings. The van der Waals surface area contributed by atoms with E-state index in [0.717, 1.165) is 5.46 Å². The molecule has 0 bridgehead atoms. The minimum atomic E-state index is -0.421. The third kappa shape index (κ3) is 4.17. The molecule has 27 heavy (non-hydrogen) atoms. The third-order valence-electron chi connectivity index (χ3n) is 5.04. The van der Waals surface area contributed by atoms with E-state index in [1.165, 1.54) is 7.11 Å². The Bertz CT molecular complexity index is 785. The van der Waals surface area contributed by atoms with Crippen LogP contribution in [0.4, 0.5) is 0 Å². The molecule has 1 aliphatic heterocycles. The smallest absolute Gasteiger partial charge is 0.492 e. The number of nitrogens with zero attached hydrogens (tertiary/aromatic N) is 2. The summed E-state index contributed by atoms with van der Waals surface area (Å²) in [5.41, 5.74) is 0.624. The molecule has 0 aliphatic carbocycles. The number of hydrogen-bond acceptors (Lipinski definition) is 6. The Balaban J connectivity index is 1.52. The van der Waals surface area contributed by atoms with Crippen LogP contribution in [-0.4, -0.2) is 47.8 Å². The molecule has 0 radical (unpaired) electrons. The normalized spacial score (nSPS) is 17.7. The predicted octanol–water partition coefficient (Wildman–Crippen LogP) is 2.05. The van der Waals surface area contributed by atoms with Gasteiger partial charge in [0.15, 0.2) is 0 Å². The van der Waals surface area contributed by atoms with Crippen LogP contribution >= 0.6 is 0 Å². The van der Waals surface area contributed by atoms with Gasteiger partial charge in [-0.3, -0.25) is 4.68 Å². The molecule has 7 nitrogen and oxygen atoms in total. The number of rotatable bonds is 6. The molecule has 144 valence electrons. The summed E-state index contributed by atoms with van der Waals surface area (Å²) >= 11 is 0. The van der Waals surface area contributed by atoms with Crippen LogP contribution in [-0.2, 0) is 20.6 Å². The first-order valence-corrected chi connectivity index (χ1v) is 8.91. The molecule has 0 atom stereocenters. The number of methoxy groups -OCH3 is 1. The van der Waals surface area contributed by atoms with E-state index < -0.39 is 7.12 Å². The quantitative estimate of drug-likeness (QED) is 0.571. The lowest BCUT2D eigenvalue weighted by Gasteiger charge is -2.32. The summed E-state index contributed by atoms with van der Waals surface area (Å²) in [7, 11) is 0.935. The van der Waals surface area contributed by atoms with Crippen molar-refractivity contribution < 1.29 is 23.6 Å². The zero-order valence-electron chi connectivity index (χ0n) is 16.4. The molecule has 1 saturated heterocycles. The van der Waals surface area contributed by atoms with Crippen molar-refractivity contribution in [3.8, 4) is 5.75 Å². The number of carbonyl (C=O) groups excluding carboxylic acids is 1. The maximum atomic E-state index is 11.4. The Morgan fingerprint density at radius 2 is 1.78 bits per heavy atom. The number of benzene rings is 1. The number of esters is 1. The summed E-state index contributed by atoms with van der Waals surface area (Å²) in [4.78, 5) is 11.4. The molecule has 2 aromatic rings. The van der Waals surface area contributed by atoms with E-state index in [2.05, 4.69) is 9.84 Å². The molecule has 1 aromatic heterocycles. The maximum Gasteiger partial charge on any atom is 0.498 e. The van der Waals surface area contributed by atoms with Crippen molar-refractivity contribution >= 4 is 18.6 Å². The number of carbonyl (C=O) groups is 1. The Morgan fingerprint density at radius 3 is 2.37 bits per heavy atom.